The molecule has 1 aromatic heterocycles. The molecule has 0 fully saturated rings. The predicted molar refractivity (Wildman–Crippen MR) is 63.3 cm³/mol. The molecule has 1 aromatic rings. The molecule has 1 N–H and O–H groups in total. The number of hydrogen-bond donors (Lipinski definition) is 1. The molecule has 3 heteroatoms. The van der Waals surface area contributed by atoms with Gasteiger partial charge in [0.2, 0.25) is 0 Å². The molecule has 1 rings (SSSR count). The number of rotatable bonds is 3. The number of pyridine rings is 1. The van der Waals surface area contributed by atoms with Gasteiger partial charge in [-0.15, -0.1) is 0 Å². The number of nitrogens with zero attached hydrogens (tertiary/aromatic N) is 2. The van der Waals surface area contributed by atoms with E-state index in [1.165, 1.54) is 5.56 Å². The van der Waals surface area contributed by atoms with Crippen molar-refractivity contribution in [3.63, 3.8) is 0 Å². The van der Waals surface area contributed by atoms with Crippen molar-refractivity contribution in [2.24, 2.45) is 0 Å². The predicted octanol–water partition coefficient (Wildman–Crippen LogP) is 1.81. The fraction of sp³-hybridized carbons (Fsp3) is 0.583. The van der Waals surface area contributed by atoms with Gasteiger partial charge in [-0.3, -0.25) is 0 Å². The first-order valence-electron chi connectivity index (χ1n) is 5.23. The largest absolute Gasteiger partial charge is 0.395 e. The zero-order valence-corrected chi connectivity index (χ0v) is 9.99. The zero-order chi connectivity index (χ0) is 11.5. The third-order valence-electron chi connectivity index (χ3n) is 2.44. The lowest BCUT2D eigenvalue weighted by molar-refractivity contribution is 0.304. The smallest absolute Gasteiger partial charge is 0.128 e. The molecule has 0 atom stereocenters. The molecule has 0 aliphatic rings. The van der Waals surface area contributed by atoms with Crippen molar-refractivity contribution in [3.05, 3.63) is 23.9 Å². The highest BCUT2D eigenvalue weighted by Crippen LogP contribution is 2.22. The maximum atomic E-state index is 8.81. The number of anilines is 1. The second-order valence-electron chi connectivity index (χ2n) is 4.80. The molecule has 84 valence electrons. The van der Waals surface area contributed by atoms with E-state index in [-0.39, 0.29) is 12.0 Å². The third kappa shape index (κ3) is 3.20. The summed E-state index contributed by atoms with van der Waals surface area (Å²) in [6.07, 6.45) is 1.91. The van der Waals surface area contributed by atoms with Gasteiger partial charge in [0.15, 0.2) is 0 Å². The number of hydrogen-bond acceptors (Lipinski definition) is 3. The van der Waals surface area contributed by atoms with E-state index < -0.39 is 0 Å². The van der Waals surface area contributed by atoms with Crippen molar-refractivity contribution < 1.29 is 5.11 Å². The molecule has 0 saturated carbocycles. The molecule has 0 aliphatic carbocycles. The van der Waals surface area contributed by atoms with Crippen molar-refractivity contribution in [2.45, 2.75) is 26.2 Å². The molecular weight excluding hydrogens is 188 g/mol. The molecule has 0 saturated heterocycles. The molecule has 1 heterocycles. The molecule has 3 nitrogen and oxygen atoms in total. The first kappa shape index (κ1) is 12.0. The van der Waals surface area contributed by atoms with Gasteiger partial charge < -0.3 is 10.0 Å². The van der Waals surface area contributed by atoms with Gasteiger partial charge in [-0.2, -0.15) is 0 Å². The first-order valence-corrected chi connectivity index (χ1v) is 5.23. The molecule has 0 amide bonds. The summed E-state index contributed by atoms with van der Waals surface area (Å²) < 4.78 is 0. The van der Waals surface area contributed by atoms with Crippen LogP contribution in [0.1, 0.15) is 26.3 Å². The Morgan fingerprint density at radius 1 is 1.33 bits per heavy atom. The minimum Gasteiger partial charge on any atom is -0.395 e. The molecule has 0 aromatic carbocycles. The summed E-state index contributed by atoms with van der Waals surface area (Å²) in [7, 11) is 1.93. The van der Waals surface area contributed by atoms with Crippen molar-refractivity contribution in [1.82, 2.24) is 4.98 Å². The van der Waals surface area contributed by atoms with Crippen LogP contribution in [0.15, 0.2) is 18.3 Å². The van der Waals surface area contributed by atoms with Crippen molar-refractivity contribution in [1.29, 1.82) is 0 Å². The monoisotopic (exact) mass is 208 g/mol. The molecule has 0 aliphatic heterocycles. The fourth-order valence-corrected chi connectivity index (χ4v) is 1.32. The Labute approximate surface area is 91.8 Å². The third-order valence-corrected chi connectivity index (χ3v) is 2.44. The standard InChI is InChI=1S/C12H20N2O/c1-12(2,3)10-5-6-11(13-9-10)14(4)7-8-15/h5-6,9,15H,7-8H2,1-4H3. The number of likely N-dealkylation sites (N-methyl/N-ethyl adjacent to an activating group) is 1. The van der Waals surface area contributed by atoms with Crippen LogP contribution in [0.5, 0.6) is 0 Å². The van der Waals surface area contributed by atoms with Crippen molar-refractivity contribution >= 4 is 5.82 Å². The fourth-order valence-electron chi connectivity index (χ4n) is 1.32. The van der Waals surface area contributed by atoms with Crippen LogP contribution in [-0.2, 0) is 5.41 Å². The van der Waals surface area contributed by atoms with Crippen LogP contribution in [-0.4, -0.2) is 30.3 Å². The minimum absolute atomic E-state index is 0.140. The zero-order valence-electron chi connectivity index (χ0n) is 9.99. The Kier molecular flexibility index (Phi) is 3.69. The highest BCUT2D eigenvalue weighted by atomic mass is 16.3. The Morgan fingerprint density at radius 3 is 2.40 bits per heavy atom. The highest BCUT2D eigenvalue weighted by molar-refractivity contribution is 5.39. The van der Waals surface area contributed by atoms with E-state index >= 15 is 0 Å². The molecule has 0 bridgehead atoms. The summed E-state index contributed by atoms with van der Waals surface area (Å²) in [5.41, 5.74) is 1.37. The molecular formula is C12H20N2O. The van der Waals surface area contributed by atoms with Gasteiger partial charge >= 0.3 is 0 Å². The summed E-state index contributed by atoms with van der Waals surface area (Å²) >= 11 is 0. The van der Waals surface area contributed by atoms with Gasteiger partial charge in [0.05, 0.1) is 6.61 Å². The van der Waals surface area contributed by atoms with Gasteiger partial charge in [0.1, 0.15) is 5.82 Å². The van der Waals surface area contributed by atoms with E-state index in [2.05, 4.69) is 31.8 Å². The second-order valence-corrected chi connectivity index (χ2v) is 4.80. The lowest BCUT2D eigenvalue weighted by atomic mass is 9.88. The van der Waals surface area contributed by atoms with E-state index in [1.54, 1.807) is 0 Å². The van der Waals surface area contributed by atoms with Crippen LogP contribution in [0.2, 0.25) is 0 Å². The van der Waals surface area contributed by atoms with Crippen LogP contribution < -0.4 is 4.90 Å². The average Bonchev–Trinajstić information content (AvgIpc) is 2.17. The molecule has 0 radical (unpaired) electrons. The van der Waals surface area contributed by atoms with Crippen LogP contribution >= 0.6 is 0 Å². The average molecular weight is 208 g/mol. The lowest BCUT2D eigenvalue weighted by Gasteiger charge is -2.21. The van der Waals surface area contributed by atoms with Gasteiger partial charge in [0.25, 0.3) is 0 Å². The Hall–Kier alpha value is -1.09. The van der Waals surface area contributed by atoms with Crippen LogP contribution in [0.25, 0.3) is 0 Å². The van der Waals surface area contributed by atoms with Crippen molar-refractivity contribution in [2.75, 3.05) is 25.1 Å². The molecule has 15 heavy (non-hydrogen) atoms. The quantitative estimate of drug-likeness (QED) is 0.823. The topological polar surface area (TPSA) is 36.4 Å². The van der Waals surface area contributed by atoms with Crippen LogP contribution in [0.4, 0.5) is 5.82 Å². The summed E-state index contributed by atoms with van der Waals surface area (Å²) in [5.74, 6) is 0.900. The van der Waals surface area contributed by atoms with E-state index in [1.807, 2.05) is 24.2 Å². The van der Waals surface area contributed by atoms with Crippen molar-refractivity contribution in [3.8, 4) is 0 Å². The first-order chi connectivity index (χ1) is 6.95. The maximum Gasteiger partial charge on any atom is 0.128 e. The van der Waals surface area contributed by atoms with E-state index in [4.69, 9.17) is 5.11 Å². The summed E-state index contributed by atoms with van der Waals surface area (Å²) in [4.78, 5) is 6.32. The number of aliphatic hydroxyl groups is 1. The Bertz CT molecular complexity index is 300. The SMILES string of the molecule is CN(CCO)c1ccc(C(C)(C)C)cn1. The highest BCUT2D eigenvalue weighted by Gasteiger charge is 2.14. The number of aromatic nitrogens is 1. The summed E-state index contributed by atoms with van der Waals surface area (Å²) in [6, 6.07) is 4.09. The second kappa shape index (κ2) is 4.62. The van der Waals surface area contributed by atoms with E-state index in [0.717, 1.165) is 5.82 Å². The minimum atomic E-state index is 0.140. The van der Waals surface area contributed by atoms with E-state index in [0.29, 0.717) is 6.54 Å². The molecule has 0 unspecified atom stereocenters. The summed E-state index contributed by atoms with van der Waals surface area (Å²) in [6.45, 7) is 7.27. The summed E-state index contributed by atoms with van der Waals surface area (Å²) in [5, 5.41) is 8.81. The van der Waals surface area contributed by atoms with Gasteiger partial charge in [-0.1, -0.05) is 26.8 Å². The van der Waals surface area contributed by atoms with Gasteiger partial charge in [-0.05, 0) is 17.0 Å². The Morgan fingerprint density at radius 2 is 2.00 bits per heavy atom. The van der Waals surface area contributed by atoms with E-state index in [9.17, 15) is 0 Å². The maximum absolute atomic E-state index is 8.81. The molecule has 0 spiro atoms. The van der Waals surface area contributed by atoms with Gasteiger partial charge in [-0.25, -0.2) is 4.98 Å². The van der Waals surface area contributed by atoms with Crippen LogP contribution in [0, 0.1) is 0 Å². The number of aliphatic hydroxyl groups excluding tert-OH is 1. The Balaban J connectivity index is 2.81. The van der Waals surface area contributed by atoms with Crippen LogP contribution in [0.3, 0.4) is 0 Å². The van der Waals surface area contributed by atoms with Gasteiger partial charge in [0, 0.05) is 19.8 Å². The normalized spacial score (nSPS) is 11.5. The lowest BCUT2D eigenvalue weighted by Crippen LogP contribution is -2.22.